The molecule has 4 rings (SSSR count). The molecule has 148 valence electrons. The van der Waals surface area contributed by atoms with Gasteiger partial charge in [0.05, 0.1) is 35.0 Å². The number of aromatic nitrogens is 2. The zero-order valence-electron chi connectivity index (χ0n) is 15.3. The number of rotatable bonds is 4. The monoisotopic (exact) mass is 430 g/mol. The van der Waals surface area contributed by atoms with Crippen molar-refractivity contribution in [1.29, 1.82) is 0 Å². The Kier molecular flexibility index (Phi) is 5.17. The number of halogens is 2. The number of benzene rings is 2. The highest BCUT2D eigenvalue weighted by atomic mass is 35.5. The van der Waals surface area contributed by atoms with Crippen molar-refractivity contribution >= 4 is 46.5 Å². The number of ether oxygens (including phenoxy) is 1. The molecule has 2 aromatic carbocycles. The maximum Gasteiger partial charge on any atom is 0.249 e. The van der Waals surface area contributed by atoms with Crippen LogP contribution in [-0.4, -0.2) is 28.7 Å². The van der Waals surface area contributed by atoms with Crippen LogP contribution in [0.5, 0.6) is 5.75 Å². The molecule has 0 saturated heterocycles. The van der Waals surface area contributed by atoms with Gasteiger partial charge in [-0.05, 0) is 36.4 Å². The molecule has 0 unspecified atom stereocenters. The second-order valence-corrected chi connectivity index (χ2v) is 7.23. The zero-order chi connectivity index (χ0) is 20.5. The molecule has 2 amide bonds. The molecule has 29 heavy (non-hydrogen) atoms. The van der Waals surface area contributed by atoms with E-state index in [0.29, 0.717) is 22.2 Å². The van der Waals surface area contributed by atoms with E-state index in [9.17, 15) is 9.59 Å². The van der Waals surface area contributed by atoms with Crippen LogP contribution in [0.2, 0.25) is 10.0 Å². The van der Waals surface area contributed by atoms with Gasteiger partial charge in [-0.3, -0.25) is 9.59 Å². The van der Waals surface area contributed by atoms with Gasteiger partial charge < -0.3 is 15.4 Å². The Morgan fingerprint density at radius 1 is 1.24 bits per heavy atom. The van der Waals surface area contributed by atoms with Crippen LogP contribution < -0.4 is 15.4 Å². The summed E-state index contributed by atoms with van der Waals surface area (Å²) in [7, 11) is 1.59. The van der Waals surface area contributed by atoms with Crippen molar-refractivity contribution in [2.45, 2.75) is 12.5 Å². The van der Waals surface area contributed by atoms with E-state index in [2.05, 4.69) is 15.7 Å². The zero-order valence-corrected chi connectivity index (χ0v) is 16.8. The molecular weight excluding hydrogens is 415 g/mol. The SMILES string of the molecule is COc1ccc(-c2cc3n(n2)[C@@H](C(=O)Nc2cccc(Cl)c2Cl)CC(=O)N3)cc1. The molecule has 2 heterocycles. The fourth-order valence-electron chi connectivity index (χ4n) is 3.10. The molecule has 0 saturated carbocycles. The highest BCUT2D eigenvalue weighted by Crippen LogP contribution is 2.33. The van der Waals surface area contributed by atoms with Crippen molar-refractivity contribution in [3.8, 4) is 17.0 Å². The van der Waals surface area contributed by atoms with Crippen molar-refractivity contribution < 1.29 is 14.3 Å². The topological polar surface area (TPSA) is 85.2 Å². The van der Waals surface area contributed by atoms with Crippen LogP contribution in [0.15, 0.2) is 48.5 Å². The van der Waals surface area contributed by atoms with Crippen LogP contribution in [0.3, 0.4) is 0 Å². The first-order chi connectivity index (χ1) is 14.0. The minimum Gasteiger partial charge on any atom is -0.497 e. The van der Waals surface area contributed by atoms with E-state index in [-0.39, 0.29) is 17.4 Å². The molecule has 0 aliphatic carbocycles. The number of methoxy groups -OCH3 is 1. The second kappa shape index (κ2) is 7.77. The molecule has 0 radical (unpaired) electrons. The number of anilines is 2. The standard InChI is InChI=1S/C20H16Cl2N4O3/c1-29-12-7-5-11(6-8-12)15-9-17-24-18(27)10-16(26(17)25-15)20(28)23-14-4-2-3-13(21)19(14)22/h2-9,16H,10H2,1H3,(H,23,28)(H,24,27)/t16-/m1/s1. The first-order valence-electron chi connectivity index (χ1n) is 8.75. The first-order valence-corrected chi connectivity index (χ1v) is 9.50. The third-order valence-corrected chi connectivity index (χ3v) is 5.39. The lowest BCUT2D eigenvalue weighted by molar-refractivity contribution is -0.125. The van der Waals surface area contributed by atoms with Gasteiger partial charge in [0.1, 0.15) is 17.6 Å². The Bertz CT molecular complexity index is 1100. The summed E-state index contributed by atoms with van der Waals surface area (Å²) in [4.78, 5) is 25.0. The van der Waals surface area contributed by atoms with E-state index in [1.165, 1.54) is 4.68 Å². The van der Waals surface area contributed by atoms with Crippen LogP contribution >= 0.6 is 23.2 Å². The lowest BCUT2D eigenvalue weighted by Crippen LogP contribution is -2.35. The molecule has 0 bridgehead atoms. The fourth-order valence-corrected chi connectivity index (χ4v) is 3.45. The molecule has 9 heteroatoms. The van der Waals surface area contributed by atoms with Crippen LogP contribution in [0.25, 0.3) is 11.3 Å². The number of hydrogen-bond donors (Lipinski definition) is 2. The van der Waals surface area contributed by atoms with Gasteiger partial charge in [-0.1, -0.05) is 29.3 Å². The Labute approximate surface area is 176 Å². The highest BCUT2D eigenvalue weighted by Gasteiger charge is 2.32. The van der Waals surface area contributed by atoms with Gasteiger partial charge in [-0.15, -0.1) is 0 Å². The largest absolute Gasteiger partial charge is 0.497 e. The van der Waals surface area contributed by atoms with E-state index in [4.69, 9.17) is 27.9 Å². The van der Waals surface area contributed by atoms with Gasteiger partial charge in [0.2, 0.25) is 11.8 Å². The predicted molar refractivity (Wildman–Crippen MR) is 112 cm³/mol. The van der Waals surface area contributed by atoms with Crippen molar-refractivity contribution in [2.24, 2.45) is 0 Å². The van der Waals surface area contributed by atoms with Crippen LogP contribution in [0.1, 0.15) is 12.5 Å². The summed E-state index contributed by atoms with van der Waals surface area (Å²) in [5.74, 6) is 0.497. The van der Waals surface area contributed by atoms with E-state index in [0.717, 1.165) is 11.3 Å². The Balaban J connectivity index is 1.64. The first kappa shape index (κ1) is 19.3. The van der Waals surface area contributed by atoms with Gasteiger partial charge in [0, 0.05) is 11.6 Å². The van der Waals surface area contributed by atoms with Gasteiger partial charge in [-0.25, -0.2) is 4.68 Å². The molecule has 1 atom stereocenters. The molecule has 7 nitrogen and oxygen atoms in total. The van der Waals surface area contributed by atoms with E-state index in [1.807, 2.05) is 24.3 Å². The Morgan fingerprint density at radius 2 is 2.00 bits per heavy atom. The number of amides is 2. The van der Waals surface area contributed by atoms with Gasteiger partial charge in [-0.2, -0.15) is 5.10 Å². The lowest BCUT2D eigenvalue weighted by Gasteiger charge is -2.24. The third kappa shape index (κ3) is 3.79. The quantitative estimate of drug-likeness (QED) is 0.642. The predicted octanol–water partition coefficient (Wildman–Crippen LogP) is 4.39. The minimum atomic E-state index is -0.819. The summed E-state index contributed by atoms with van der Waals surface area (Å²) in [6, 6.07) is 13.2. The fraction of sp³-hybridized carbons (Fsp3) is 0.150. The van der Waals surface area contributed by atoms with Crippen molar-refractivity contribution in [3.63, 3.8) is 0 Å². The number of carbonyl (C=O) groups is 2. The average molecular weight is 431 g/mol. The summed E-state index contributed by atoms with van der Waals surface area (Å²) in [6.45, 7) is 0. The normalized spacial score (nSPS) is 15.4. The average Bonchev–Trinajstić information content (AvgIpc) is 3.14. The van der Waals surface area contributed by atoms with E-state index < -0.39 is 11.9 Å². The molecular formula is C20H16Cl2N4O3. The van der Waals surface area contributed by atoms with E-state index in [1.54, 1.807) is 31.4 Å². The third-order valence-electron chi connectivity index (χ3n) is 4.58. The number of hydrogen-bond acceptors (Lipinski definition) is 4. The number of nitrogens with zero attached hydrogens (tertiary/aromatic N) is 2. The number of carbonyl (C=O) groups excluding carboxylic acids is 2. The van der Waals surface area contributed by atoms with Crippen LogP contribution in [0, 0.1) is 0 Å². The van der Waals surface area contributed by atoms with Crippen molar-refractivity contribution in [2.75, 3.05) is 17.7 Å². The summed E-state index contributed by atoms with van der Waals surface area (Å²) >= 11 is 12.2. The smallest absolute Gasteiger partial charge is 0.249 e. The van der Waals surface area contributed by atoms with Crippen LogP contribution in [-0.2, 0) is 9.59 Å². The maximum atomic E-state index is 12.9. The second-order valence-electron chi connectivity index (χ2n) is 6.45. The minimum absolute atomic E-state index is 0.0409. The van der Waals surface area contributed by atoms with E-state index >= 15 is 0 Å². The van der Waals surface area contributed by atoms with Gasteiger partial charge in [0.25, 0.3) is 0 Å². The highest BCUT2D eigenvalue weighted by molar-refractivity contribution is 6.44. The summed E-state index contributed by atoms with van der Waals surface area (Å²) in [6.07, 6.45) is -0.0409. The maximum absolute atomic E-state index is 12.9. The summed E-state index contributed by atoms with van der Waals surface area (Å²) < 4.78 is 6.68. The molecule has 1 aromatic heterocycles. The molecule has 0 fully saturated rings. The van der Waals surface area contributed by atoms with Crippen molar-refractivity contribution in [3.05, 3.63) is 58.6 Å². The number of nitrogens with one attached hydrogen (secondary N) is 2. The summed E-state index contributed by atoms with van der Waals surface area (Å²) in [5.41, 5.74) is 1.83. The molecule has 1 aliphatic heterocycles. The van der Waals surface area contributed by atoms with Gasteiger partial charge >= 0.3 is 0 Å². The lowest BCUT2D eigenvalue weighted by atomic mass is 10.1. The molecule has 1 aliphatic rings. The molecule has 3 aromatic rings. The molecule has 2 N–H and O–H groups in total. The van der Waals surface area contributed by atoms with Crippen molar-refractivity contribution in [1.82, 2.24) is 9.78 Å². The van der Waals surface area contributed by atoms with Crippen LogP contribution in [0.4, 0.5) is 11.5 Å². The number of fused-ring (bicyclic) bond motifs is 1. The Hall–Kier alpha value is -3.03. The van der Waals surface area contributed by atoms with Gasteiger partial charge in [0.15, 0.2) is 0 Å². The Morgan fingerprint density at radius 3 is 2.72 bits per heavy atom. The summed E-state index contributed by atoms with van der Waals surface area (Å²) in [5, 5.41) is 10.6. The molecule has 0 spiro atoms.